The molecule has 2 fully saturated rings. The fourth-order valence-corrected chi connectivity index (χ4v) is 4.01. The van der Waals surface area contributed by atoms with E-state index < -0.39 is 0 Å². The van der Waals surface area contributed by atoms with Gasteiger partial charge >= 0.3 is 0 Å². The molecule has 21 heavy (non-hydrogen) atoms. The minimum Gasteiger partial charge on any atom is -0.321 e. The first-order chi connectivity index (χ1) is 9.82. The predicted octanol–water partition coefficient (Wildman–Crippen LogP) is 3.33. The maximum absolute atomic E-state index is 13.0. The molecule has 2 unspecified atom stereocenters. The Balaban J connectivity index is 1.91. The molecule has 0 spiro atoms. The van der Waals surface area contributed by atoms with Gasteiger partial charge in [0.15, 0.2) is 0 Å². The summed E-state index contributed by atoms with van der Waals surface area (Å²) in [6.07, 6.45) is 1.09. The van der Waals surface area contributed by atoms with E-state index in [1.165, 1.54) is 0 Å². The average molecular weight is 286 g/mol. The third-order valence-corrected chi connectivity index (χ3v) is 5.94. The molecular weight excluding hydrogens is 260 g/mol. The van der Waals surface area contributed by atoms with Gasteiger partial charge in [-0.2, -0.15) is 0 Å². The molecule has 1 saturated carbocycles. The number of amides is 1. The van der Waals surface area contributed by atoms with Crippen LogP contribution in [-0.2, 0) is 4.79 Å². The second-order valence-electron chi connectivity index (χ2n) is 7.53. The first kappa shape index (κ1) is 14.6. The summed E-state index contributed by atoms with van der Waals surface area (Å²) in [6, 6.07) is 10.2. The maximum atomic E-state index is 13.0. The van der Waals surface area contributed by atoms with Gasteiger partial charge < -0.3 is 4.90 Å². The molecule has 2 aliphatic rings. The summed E-state index contributed by atoms with van der Waals surface area (Å²) in [5.74, 6) is 0.233. The number of carbonyl (C=O) groups is 1. The molecule has 1 saturated heterocycles. The van der Waals surface area contributed by atoms with Gasteiger partial charge in [-0.3, -0.25) is 10.1 Å². The molecule has 1 N–H and O–H groups in total. The Morgan fingerprint density at radius 3 is 2.14 bits per heavy atom. The number of rotatable bonds is 3. The molecular formula is C18H26N2O. The van der Waals surface area contributed by atoms with Gasteiger partial charge in [0.05, 0.1) is 6.17 Å². The van der Waals surface area contributed by atoms with E-state index in [1.807, 2.05) is 30.3 Å². The van der Waals surface area contributed by atoms with Crippen LogP contribution in [0.1, 0.15) is 52.6 Å². The van der Waals surface area contributed by atoms with Crippen molar-refractivity contribution in [3.63, 3.8) is 0 Å². The van der Waals surface area contributed by atoms with E-state index in [1.54, 1.807) is 0 Å². The highest BCUT2D eigenvalue weighted by atomic mass is 16.2. The molecule has 3 rings (SSSR count). The SMILES string of the molecule is CCC1NC(c2ccccc2)C(=O)N1C1C(C)(C)C1(C)C. The third kappa shape index (κ3) is 1.94. The van der Waals surface area contributed by atoms with E-state index in [4.69, 9.17) is 0 Å². The Bertz CT molecular complexity index is 536. The first-order valence-corrected chi connectivity index (χ1v) is 7.95. The van der Waals surface area contributed by atoms with E-state index in [2.05, 4.69) is 44.8 Å². The van der Waals surface area contributed by atoms with Gasteiger partial charge in [0.2, 0.25) is 5.91 Å². The van der Waals surface area contributed by atoms with Crippen LogP contribution in [0.2, 0.25) is 0 Å². The quantitative estimate of drug-likeness (QED) is 0.924. The van der Waals surface area contributed by atoms with Crippen LogP contribution >= 0.6 is 0 Å². The minimum atomic E-state index is -0.191. The van der Waals surface area contributed by atoms with Crippen molar-refractivity contribution in [2.75, 3.05) is 0 Å². The Labute approximate surface area is 127 Å². The predicted molar refractivity (Wildman–Crippen MR) is 84.6 cm³/mol. The van der Waals surface area contributed by atoms with Gasteiger partial charge in [0.25, 0.3) is 0 Å². The molecule has 2 atom stereocenters. The van der Waals surface area contributed by atoms with Crippen LogP contribution in [0.4, 0.5) is 0 Å². The lowest BCUT2D eigenvalue weighted by Gasteiger charge is -2.25. The van der Waals surface area contributed by atoms with Gasteiger partial charge in [-0.25, -0.2) is 0 Å². The number of hydrogen-bond donors (Lipinski definition) is 1. The van der Waals surface area contributed by atoms with Gasteiger partial charge in [-0.1, -0.05) is 65.0 Å². The summed E-state index contributed by atoms with van der Waals surface area (Å²) in [5.41, 5.74) is 1.44. The number of carbonyl (C=O) groups excluding carboxylic acids is 1. The second-order valence-corrected chi connectivity index (χ2v) is 7.53. The van der Waals surface area contributed by atoms with Gasteiger partial charge in [0, 0.05) is 6.04 Å². The highest BCUT2D eigenvalue weighted by Crippen LogP contribution is 2.66. The molecule has 0 radical (unpaired) electrons. The summed E-state index contributed by atoms with van der Waals surface area (Å²) in [6.45, 7) is 11.2. The lowest BCUT2D eigenvalue weighted by Crippen LogP contribution is -2.41. The summed E-state index contributed by atoms with van der Waals surface area (Å²) in [4.78, 5) is 15.1. The molecule has 0 bridgehead atoms. The average Bonchev–Trinajstić information content (AvgIpc) is 2.70. The van der Waals surface area contributed by atoms with Crippen LogP contribution in [0.25, 0.3) is 0 Å². The zero-order valence-corrected chi connectivity index (χ0v) is 13.7. The largest absolute Gasteiger partial charge is 0.321 e. The summed E-state index contributed by atoms with van der Waals surface area (Å²) in [5, 5.41) is 3.53. The number of hydrogen-bond acceptors (Lipinski definition) is 2. The Kier molecular flexibility index (Phi) is 3.17. The van der Waals surface area contributed by atoms with Crippen molar-refractivity contribution < 1.29 is 4.79 Å². The van der Waals surface area contributed by atoms with E-state index in [9.17, 15) is 4.79 Å². The van der Waals surface area contributed by atoms with Crippen LogP contribution in [0, 0.1) is 10.8 Å². The Morgan fingerprint density at radius 1 is 1.10 bits per heavy atom. The highest BCUT2D eigenvalue weighted by Gasteiger charge is 2.70. The van der Waals surface area contributed by atoms with E-state index >= 15 is 0 Å². The van der Waals surface area contributed by atoms with Gasteiger partial charge in [-0.05, 0) is 22.8 Å². The lowest BCUT2D eigenvalue weighted by molar-refractivity contribution is -0.131. The van der Waals surface area contributed by atoms with Crippen molar-refractivity contribution in [2.45, 2.75) is 59.3 Å². The summed E-state index contributed by atoms with van der Waals surface area (Å²) < 4.78 is 0. The molecule has 1 amide bonds. The van der Waals surface area contributed by atoms with Crippen molar-refractivity contribution in [1.82, 2.24) is 10.2 Å². The monoisotopic (exact) mass is 286 g/mol. The zero-order valence-electron chi connectivity index (χ0n) is 13.7. The standard InChI is InChI=1S/C18H26N2O/c1-6-13-19-14(12-10-8-7-9-11-12)15(21)20(13)16-17(2,3)18(16,4)5/h7-11,13-14,16,19H,6H2,1-5H3. The van der Waals surface area contributed by atoms with Gasteiger partial charge in [0.1, 0.15) is 6.04 Å². The normalized spacial score (nSPS) is 30.7. The Morgan fingerprint density at radius 2 is 1.67 bits per heavy atom. The van der Waals surface area contributed by atoms with E-state index in [0.717, 1.165) is 12.0 Å². The molecule has 1 aromatic carbocycles. The van der Waals surface area contributed by atoms with Crippen molar-refractivity contribution in [1.29, 1.82) is 0 Å². The molecule has 1 aliphatic carbocycles. The number of benzene rings is 1. The van der Waals surface area contributed by atoms with Crippen molar-refractivity contribution >= 4 is 5.91 Å². The summed E-state index contributed by atoms with van der Waals surface area (Å²) in [7, 11) is 0. The molecule has 3 heteroatoms. The third-order valence-electron chi connectivity index (χ3n) is 5.94. The highest BCUT2D eigenvalue weighted by molar-refractivity contribution is 5.86. The van der Waals surface area contributed by atoms with Crippen molar-refractivity contribution in [2.24, 2.45) is 10.8 Å². The minimum absolute atomic E-state index is 0.147. The fourth-order valence-electron chi connectivity index (χ4n) is 4.01. The van der Waals surface area contributed by atoms with Crippen molar-refractivity contribution in [3.05, 3.63) is 35.9 Å². The van der Waals surface area contributed by atoms with E-state index in [-0.39, 0.29) is 28.9 Å². The topological polar surface area (TPSA) is 32.3 Å². The number of nitrogens with one attached hydrogen (secondary N) is 1. The summed E-state index contributed by atoms with van der Waals surface area (Å²) >= 11 is 0. The van der Waals surface area contributed by atoms with E-state index in [0.29, 0.717) is 6.04 Å². The lowest BCUT2D eigenvalue weighted by atomic mass is 10.0. The molecule has 1 aliphatic heterocycles. The molecule has 3 nitrogen and oxygen atoms in total. The van der Waals surface area contributed by atoms with Crippen LogP contribution < -0.4 is 5.32 Å². The van der Waals surface area contributed by atoms with Crippen molar-refractivity contribution in [3.8, 4) is 0 Å². The van der Waals surface area contributed by atoms with Crippen LogP contribution in [0.15, 0.2) is 30.3 Å². The van der Waals surface area contributed by atoms with Crippen LogP contribution in [0.5, 0.6) is 0 Å². The molecule has 0 aromatic heterocycles. The van der Waals surface area contributed by atoms with Gasteiger partial charge in [-0.15, -0.1) is 0 Å². The fraction of sp³-hybridized carbons (Fsp3) is 0.611. The smallest absolute Gasteiger partial charge is 0.245 e. The van der Waals surface area contributed by atoms with Crippen LogP contribution in [0.3, 0.4) is 0 Å². The van der Waals surface area contributed by atoms with Crippen LogP contribution in [-0.4, -0.2) is 23.0 Å². The molecule has 114 valence electrons. The zero-order chi connectivity index (χ0) is 15.4. The first-order valence-electron chi connectivity index (χ1n) is 7.95. The molecule has 1 aromatic rings. The Hall–Kier alpha value is -1.35. The second kappa shape index (κ2) is 4.57. The number of nitrogens with zero attached hydrogens (tertiary/aromatic N) is 1. The molecule has 1 heterocycles. The maximum Gasteiger partial charge on any atom is 0.245 e.